The lowest BCUT2D eigenvalue weighted by Gasteiger charge is -2.17. The predicted molar refractivity (Wildman–Crippen MR) is 77.8 cm³/mol. The van der Waals surface area contributed by atoms with E-state index in [1.807, 2.05) is 11.6 Å². The van der Waals surface area contributed by atoms with Crippen LogP contribution >= 0.6 is 27.3 Å². The van der Waals surface area contributed by atoms with E-state index in [2.05, 4.69) is 59.1 Å². The molecule has 2 aromatic rings. The molecule has 1 aromatic carbocycles. The Kier molecular flexibility index (Phi) is 3.84. The first-order valence-corrected chi connectivity index (χ1v) is 7.18. The first kappa shape index (κ1) is 12.6. The standard InChI is InChI=1S/C13H15BrN2S/c1-8-11(14)5-4-6-12(8)16-10(3)13-9(2)15-7-17-13/h4-7,10,16H,1-3H3. The van der Waals surface area contributed by atoms with Crippen molar-refractivity contribution in [3.8, 4) is 0 Å². The van der Waals surface area contributed by atoms with Crippen molar-refractivity contribution in [1.29, 1.82) is 0 Å². The topological polar surface area (TPSA) is 24.9 Å². The number of anilines is 1. The number of halogens is 1. The van der Waals surface area contributed by atoms with Crippen molar-refractivity contribution in [3.63, 3.8) is 0 Å². The Morgan fingerprint density at radius 1 is 1.35 bits per heavy atom. The second kappa shape index (κ2) is 5.19. The zero-order valence-corrected chi connectivity index (χ0v) is 12.5. The molecule has 1 atom stereocenters. The molecular weight excluding hydrogens is 296 g/mol. The van der Waals surface area contributed by atoms with Gasteiger partial charge >= 0.3 is 0 Å². The number of hydrogen-bond acceptors (Lipinski definition) is 3. The SMILES string of the molecule is Cc1ncsc1C(C)Nc1cccc(Br)c1C. The summed E-state index contributed by atoms with van der Waals surface area (Å²) in [6, 6.07) is 6.50. The molecule has 4 heteroatoms. The van der Waals surface area contributed by atoms with E-state index in [1.54, 1.807) is 11.3 Å². The second-order valence-electron chi connectivity index (χ2n) is 4.08. The lowest BCUT2D eigenvalue weighted by molar-refractivity contribution is 0.888. The third-order valence-electron chi connectivity index (χ3n) is 2.82. The number of aryl methyl sites for hydroxylation is 1. The lowest BCUT2D eigenvalue weighted by atomic mass is 10.1. The fourth-order valence-electron chi connectivity index (χ4n) is 1.79. The Hall–Kier alpha value is -0.870. The van der Waals surface area contributed by atoms with Gasteiger partial charge < -0.3 is 5.32 Å². The molecule has 0 radical (unpaired) electrons. The van der Waals surface area contributed by atoms with Crippen LogP contribution in [-0.4, -0.2) is 4.98 Å². The van der Waals surface area contributed by atoms with Crippen LogP contribution in [0.15, 0.2) is 28.2 Å². The highest BCUT2D eigenvalue weighted by Crippen LogP contribution is 2.29. The van der Waals surface area contributed by atoms with Gasteiger partial charge in [-0.1, -0.05) is 22.0 Å². The molecule has 0 aliphatic heterocycles. The van der Waals surface area contributed by atoms with Crippen LogP contribution in [0, 0.1) is 13.8 Å². The summed E-state index contributed by atoms with van der Waals surface area (Å²) in [5.74, 6) is 0. The number of rotatable bonds is 3. The van der Waals surface area contributed by atoms with Gasteiger partial charge in [-0.25, -0.2) is 4.98 Å². The van der Waals surface area contributed by atoms with Crippen LogP contribution in [0.1, 0.15) is 29.1 Å². The molecule has 90 valence electrons. The molecule has 1 unspecified atom stereocenters. The minimum atomic E-state index is 0.287. The zero-order chi connectivity index (χ0) is 12.4. The number of thiazole rings is 1. The van der Waals surface area contributed by atoms with Crippen LogP contribution in [0.3, 0.4) is 0 Å². The maximum absolute atomic E-state index is 4.29. The minimum Gasteiger partial charge on any atom is -0.377 e. The van der Waals surface area contributed by atoms with E-state index in [0.29, 0.717) is 0 Å². The number of nitrogens with one attached hydrogen (secondary N) is 1. The molecule has 1 heterocycles. The van der Waals surface area contributed by atoms with E-state index in [1.165, 1.54) is 16.1 Å². The van der Waals surface area contributed by atoms with Gasteiger partial charge in [0.15, 0.2) is 0 Å². The van der Waals surface area contributed by atoms with Gasteiger partial charge in [-0.05, 0) is 38.5 Å². The Labute approximate surface area is 114 Å². The fourth-order valence-corrected chi connectivity index (χ4v) is 2.97. The van der Waals surface area contributed by atoms with E-state index in [0.717, 1.165) is 10.2 Å². The van der Waals surface area contributed by atoms with E-state index in [-0.39, 0.29) is 6.04 Å². The number of nitrogens with zero attached hydrogens (tertiary/aromatic N) is 1. The predicted octanol–water partition coefficient (Wildman–Crippen LogP) is 4.70. The quantitative estimate of drug-likeness (QED) is 0.889. The third kappa shape index (κ3) is 2.69. The molecule has 0 aliphatic carbocycles. The summed E-state index contributed by atoms with van der Waals surface area (Å²) in [5, 5.41) is 3.53. The van der Waals surface area contributed by atoms with Crippen LogP contribution in [0.4, 0.5) is 5.69 Å². The molecule has 0 aliphatic rings. The van der Waals surface area contributed by atoms with Gasteiger partial charge in [-0.2, -0.15) is 0 Å². The van der Waals surface area contributed by atoms with E-state index in [4.69, 9.17) is 0 Å². The highest BCUT2D eigenvalue weighted by Gasteiger charge is 2.12. The summed E-state index contributed by atoms with van der Waals surface area (Å²) >= 11 is 5.25. The molecule has 1 N–H and O–H groups in total. The summed E-state index contributed by atoms with van der Waals surface area (Å²) in [7, 11) is 0. The maximum Gasteiger partial charge on any atom is 0.0798 e. The molecular formula is C13H15BrN2S. The van der Waals surface area contributed by atoms with Crippen molar-refractivity contribution < 1.29 is 0 Å². The highest BCUT2D eigenvalue weighted by molar-refractivity contribution is 9.10. The molecule has 0 amide bonds. The first-order valence-electron chi connectivity index (χ1n) is 5.51. The van der Waals surface area contributed by atoms with Crippen molar-refractivity contribution in [2.75, 3.05) is 5.32 Å². The minimum absolute atomic E-state index is 0.287. The van der Waals surface area contributed by atoms with Gasteiger partial charge in [0, 0.05) is 15.0 Å². The lowest BCUT2D eigenvalue weighted by Crippen LogP contribution is -2.07. The number of benzene rings is 1. The van der Waals surface area contributed by atoms with Crippen LogP contribution in [0.2, 0.25) is 0 Å². The molecule has 0 bridgehead atoms. The molecule has 17 heavy (non-hydrogen) atoms. The van der Waals surface area contributed by atoms with Crippen LogP contribution in [0.5, 0.6) is 0 Å². The van der Waals surface area contributed by atoms with E-state index < -0.39 is 0 Å². The smallest absolute Gasteiger partial charge is 0.0798 e. The van der Waals surface area contributed by atoms with Gasteiger partial charge in [-0.3, -0.25) is 0 Å². The zero-order valence-electron chi connectivity index (χ0n) is 10.1. The monoisotopic (exact) mass is 310 g/mol. The first-order chi connectivity index (χ1) is 8.09. The van der Waals surface area contributed by atoms with Gasteiger partial charge in [0.05, 0.1) is 17.2 Å². The Balaban J connectivity index is 2.22. The summed E-state index contributed by atoms with van der Waals surface area (Å²) in [4.78, 5) is 5.58. The Bertz CT molecular complexity index is 522. The molecule has 0 saturated heterocycles. The fraction of sp³-hybridized carbons (Fsp3) is 0.308. The van der Waals surface area contributed by atoms with Crippen molar-refractivity contribution in [2.45, 2.75) is 26.8 Å². The maximum atomic E-state index is 4.29. The van der Waals surface area contributed by atoms with Crippen molar-refractivity contribution in [1.82, 2.24) is 4.98 Å². The van der Waals surface area contributed by atoms with Crippen molar-refractivity contribution >= 4 is 33.0 Å². The normalized spacial score (nSPS) is 12.5. The molecule has 2 nitrogen and oxygen atoms in total. The van der Waals surface area contributed by atoms with Crippen LogP contribution in [0.25, 0.3) is 0 Å². The van der Waals surface area contributed by atoms with Gasteiger partial charge in [0.1, 0.15) is 0 Å². The van der Waals surface area contributed by atoms with Crippen molar-refractivity contribution in [2.24, 2.45) is 0 Å². The molecule has 0 fully saturated rings. The van der Waals surface area contributed by atoms with Gasteiger partial charge in [0.25, 0.3) is 0 Å². The molecule has 1 aromatic heterocycles. The summed E-state index contributed by atoms with van der Waals surface area (Å²) in [6.45, 7) is 6.33. The highest BCUT2D eigenvalue weighted by atomic mass is 79.9. The second-order valence-corrected chi connectivity index (χ2v) is 5.82. The summed E-state index contributed by atoms with van der Waals surface area (Å²) in [5.41, 5.74) is 5.42. The average molecular weight is 311 g/mol. The van der Waals surface area contributed by atoms with Gasteiger partial charge in [-0.15, -0.1) is 11.3 Å². The van der Waals surface area contributed by atoms with E-state index >= 15 is 0 Å². The summed E-state index contributed by atoms with van der Waals surface area (Å²) in [6.07, 6.45) is 0. The van der Waals surface area contributed by atoms with Crippen LogP contribution < -0.4 is 5.32 Å². The molecule has 2 rings (SSSR count). The average Bonchev–Trinajstić information content (AvgIpc) is 2.71. The van der Waals surface area contributed by atoms with Crippen molar-refractivity contribution in [3.05, 3.63) is 44.3 Å². The van der Waals surface area contributed by atoms with E-state index in [9.17, 15) is 0 Å². The van der Waals surface area contributed by atoms with Crippen LogP contribution in [-0.2, 0) is 0 Å². The summed E-state index contributed by atoms with van der Waals surface area (Å²) < 4.78 is 1.13. The number of hydrogen-bond donors (Lipinski definition) is 1. The number of aromatic nitrogens is 1. The molecule has 0 spiro atoms. The largest absolute Gasteiger partial charge is 0.377 e. The molecule has 0 saturated carbocycles. The van der Waals surface area contributed by atoms with Gasteiger partial charge in [0.2, 0.25) is 0 Å². The third-order valence-corrected chi connectivity index (χ3v) is 4.79. The Morgan fingerprint density at radius 3 is 2.76 bits per heavy atom. The Morgan fingerprint density at radius 2 is 2.12 bits per heavy atom.